The van der Waals surface area contributed by atoms with Crippen LogP contribution in [0.4, 0.5) is 4.79 Å². The number of benzene rings is 1. The lowest BCUT2D eigenvalue weighted by Crippen LogP contribution is -2.42. The van der Waals surface area contributed by atoms with Gasteiger partial charge in [-0.15, -0.1) is 0 Å². The Morgan fingerprint density at radius 3 is 2.57 bits per heavy atom. The number of ether oxygens (including phenoxy) is 1. The molecule has 1 fully saturated rings. The molecule has 1 atom stereocenters. The number of unbranched alkanes of at least 4 members (excludes halogenated alkanes) is 1. The van der Waals surface area contributed by atoms with Crippen molar-refractivity contribution in [3.8, 4) is 0 Å². The van der Waals surface area contributed by atoms with Crippen LogP contribution in [0.3, 0.4) is 0 Å². The summed E-state index contributed by atoms with van der Waals surface area (Å²) in [5.41, 5.74) is 1.15. The number of thioether (sulfide) groups is 1. The van der Waals surface area contributed by atoms with Gasteiger partial charge in [-0.05, 0) is 43.2 Å². The largest absolute Gasteiger partial charge is 0.480 e. The first-order valence-electron chi connectivity index (χ1n) is 13.0. The van der Waals surface area contributed by atoms with Crippen molar-refractivity contribution in [1.29, 1.82) is 0 Å². The Kier molecular flexibility index (Phi) is 9.89. The fourth-order valence-electron chi connectivity index (χ4n) is 4.84. The molecule has 0 bridgehead atoms. The summed E-state index contributed by atoms with van der Waals surface area (Å²) in [5.74, 6) is -0.119. The average molecular weight is 504 g/mol. The van der Waals surface area contributed by atoms with Gasteiger partial charge in [0.25, 0.3) is 0 Å². The minimum Gasteiger partial charge on any atom is -0.480 e. The van der Waals surface area contributed by atoms with Gasteiger partial charge in [-0.1, -0.05) is 77.3 Å². The molecule has 0 aliphatic heterocycles. The molecule has 8 heteroatoms. The van der Waals surface area contributed by atoms with Crippen LogP contribution in [0.2, 0.25) is 0 Å². The van der Waals surface area contributed by atoms with Gasteiger partial charge in [-0.2, -0.15) is 0 Å². The van der Waals surface area contributed by atoms with Gasteiger partial charge in [0.05, 0.1) is 17.6 Å². The van der Waals surface area contributed by atoms with Crippen molar-refractivity contribution in [2.75, 3.05) is 18.9 Å². The number of rotatable bonds is 11. The van der Waals surface area contributed by atoms with Crippen LogP contribution in [0, 0.1) is 5.41 Å². The number of hydrogen-bond acceptors (Lipinski definition) is 5. The van der Waals surface area contributed by atoms with Crippen molar-refractivity contribution in [3.63, 3.8) is 0 Å². The van der Waals surface area contributed by atoms with Gasteiger partial charge >= 0.3 is 12.1 Å². The first kappa shape index (κ1) is 27.4. The minimum absolute atomic E-state index is 0.193. The van der Waals surface area contributed by atoms with Crippen molar-refractivity contribution < 1.29 is 19.4 Å². The lowest BCUT2D eigenvalue weighted by atomic mass is 9.86. The number of aromatic nitrogens is 2. The highest BCUT2D eigenvalue weighted by atomic mass is 32.2. The average Bonchev–Trinajstić information content (AvgIpc) is 3.16. The lowest BCUT2D eigenvalue weighted by molar-refractivity contribution is -0.144. The Morgan fingerprint density at radius 1 is 1.20 bits per heavy atom. The van der Waals surface area contributed by atoms with Gasteiger partial charge in [0, 0.05) is 18.3 Å². The summed E-state index contributed by atoms with van der Waals surface area (Å²) >= 11 is 1.57. The van der Waals surface area contributed by atoms with Crippen LogP contribution in [0.25, 0.3) is 11.0 Å². The Morgan fingerprint density at radius 2 is 1.91 bits per heavy atom. The predicted molar refractivity (Wildman–Crippen MR) is 141 cm³/mol. The van der Waals surface area contributed by atoms with E-state index in [1.165, 1.54) is 6.42 Å². The molecule has 1 aliphatic rings. The Hall–Kier alpha value is -2.22. The molecule has 2 aromatic rings. The normalized spacial score (nSPS) is 15.8. The second kappa shape index (κ2) is 12.7. The molecule has 1 heterocycles. The molecule has 194 valence electrons. The smallest absolute Gasteiger partial charge is 0.410 e. The summed E-state index contributed by atoms with van der Waals surface area (Å²) < 4.78 is 7.44. The number of para-hydroxylation sites is 2. The number of imidazole rings is 1. The molecule has 1 aromatic heterocycles. The standard InChI is InChI=1S/C27H41N3O4S/c1-5-6-18-34-26(33)29(20-13-8-7-9-14-20)17-12-19-35-25-28-21-15-10-11-16-22(21)30(25)23(24(31)32)27(2,3)4/h10-11,15-16,20,23H,5-9,12-14,17-19H2,1-4H3,(H,31,32). The summed E-state index contributed by atoms with van der Waals surface area (Å²) in [4.78, 5) is 31.9. The molecule has 1 aromatic carbocycles. The molecule has 1 amide bonds. The predicted octanol–water partition coefficient (Wildman–Crippen LogP) is 6.76. The molecule has 35 heavy (non-hydrogen) atoms. The molecule has 1 N–H and O–H groups in total. The number of amides is 1. The van der Waals surface area contributed by atoms with Crippen molar-refractivity contribution in [3.05, 3.63) is 24.3 Å². The first-order chi connectivity index (χ1) is 16.7. The van der Waals surface area contributed by atoms with E-state index in [1.54, 1.807) is 11.8 Å². The van der Waals surface area contributed by atoms with Crippen LogP contribution in [0.5, 0.6) is 0 Å². The zero-order valence-electron chi connectivity index (χ0n) is 21.7. The maximum absolute atomic E-state index is 12.8. The van der Waals surface area contributed by atoms with Crippen LogP contribution in [0.15, 0.2) is 29.4 Å². The molecule has 0 radical (unpaired) electrons. The van der Waals surface area contributed by atoms with E-state index in [-0.39, 0.29) is 12.1 Å². The third-order valence-electron chi connectivity index (χ3n) is 6.62. The summed E-state index contributed by atoms with van der Waals surface area (Å²) in [6, 6.07) is 7.23. The number of aliphatic carboxylic acids is 1. The van der Waals surface area contributed by atoms with E-state index in [0.29, 0.717) is 18.3 Å². The summed E-state index contributed by atoms with van der Waals surface area (Å²) in [6.07, 6.45) is 8.11. The fourth-order valence-corrected chi connectivity index (χ4v) is 5.80. The topological polar surface area (TPSA) is 84.7 Å². The number of fused-ring (bicyclic) bond motifs is 1. The van der Waals surface area contributed by atoms with Gasteiger partial charge in [-0.3, -0.25) is 0 Å². The molecule has 1 unspecified atom stereocenters. The van der Waals surface area contributed by atoms with Crippen LogP contribution < -0.4 is 0 Å². The molecule has 0 saturated heterocycles. The molecular formula is C27H41N3O4S. The summed E-state index contributed by atoms with van der Waals surface area (Å²) in [7, 11) is 0. The SMILES string of the molecule is CCCCOC(=O)N(CCCSc1nc2ccccc2n1C(C(=O)O)C(C)(C)C)C1CCCCC1. The number of carboxylic acid groups (broad SMARTS) is 1. The van der Waals surface area contributed by atoms with E-state index in [2.05, 4.69) is 6.92 Å². The number of carbonyl (C=O) groups excluding carboxylic acids is 1. The third kappa shape index (κ3) is 7.15. The first-order valence-corrected chi connectivity index (χ1v) is 14.0. The number of nitrogens with zero attached hydrogens (tertiary/aromatic N) is 3. The van der Waals surface area contributed by atoms with E-state index in [9.17, 15) is 14.7 Å². The van der Waals surface area contributed by atoms with E-state index in [4.69, 9.17) is 9.72 Å². The van der Waals surface area contributed by atoms with E-state index >= 15 is 0 Å². The fraction of sp³-hybridized carbons (Fsp3) is 0.667. The van der Waals surface area contributed by atoms with Crippen molar-refractivity contribution in [1.82, 2.24) is 14.5 Å². The number of hydrogen-bond donors (Lipinski definition) is 1. The maximum Gasteiger partial charge on any atom is 0.410 e. The highest BCUT2D eigenvalue weighted by Gasteiger charge is 2.36. The molecule has 1 aliphatic carbocycles. The molecule has 0 spiro atoms. The van der Waals surface area contributed by atoms with Crippen molar-refractivity contribution >= 4 is 34.9 Å². The van der Waals surface area contributed by atoms with E-state index in [0.717, 1.165) is 61.7 Å². The molecular weight excluding hydrogens is 462 g/mol. The highest BCUT2D eigenvalue weighted by molar-refractivity contribution is 7.99. The zero-order chi connectivity index (χ0) is 25.4. The van der Waals surface area contributed by atoms with Crippen molar-refractivity contribution in [2.24, 2.45) is 5.41 Å². The van der Waals surface area contributed by atoms with Crippen molar-refractivity contribution in [2.45, 2.75) is 96.3 Å². The van der Waals surface area contributed by atoms with Crippen LogP contribution >= 0.6 is 11.8 Å². The van der Waals surface area contributed by atoms with Gasteiger partial charge in [-0.25, -0.2) is 14.6 Å². The Balaban J connectivity index is 1.72. The quantitative estimate of drug-likeness (QED) is 0.269. The minimum atomic E-state index is -0.860. The van der Waals surface area contributed by atoms with Gasteiger partial charge in [0.2, 0.25) is 0 Å². The number of carbonyl (C=O) groups is 2. The summed E-state index contributed by atoms with van der Waals surface area (Å²) in [5, 5.41) is 10.8. The van der Waals surface area contributed by atoms with Gasteiger partial charge in [0.1, 0.15) is 6.04 Å². The second-order valence-corrected chi connectivity index (χ2v) is 11.6. The van der Waals surface area contributed by atoms with Crippen LogP contribution in [-0.4, -0.2) is 56.6 Å². The van der Waals surface area contributed by atoms with Gasteiger partial charge < -0.3 is 19.3 Å². The third-order valence-corrected chi connectivity index (χ3v) is 7.66. The zero-order valence-corrected chi connectivity index (χ0v) is 22.5. The molecule has 7 nitrogen and oxygen atoms in total. The van der Waals surface area contributed by atoms with Gasteiger partial charge in [0.15, 0.2) is 5.16 Å². The van der Waals surface area contributed by atoms with Crippen LogP contribution in [0.1, 0.15) is 85.1 Å². The highest BCUT2D eigenvalue weighted by Crippen LogP contribution is 2.37. The lowest BCUT2D eigenvalue weighted by Gasteiger charge is -2.33. The molecule has 1 saturated carbocycles. The van der Waals surface area contributed by atoms with Crippen LogP contribution in [-0.2, 0) is 9.53 Å². The number of carboxylic acids is 1. The maximum atomic E-state index is 12.8. The Bertz CT molecular complexity index is 978. The molecule has 3 rings (SSSR count). The second-order valence-electron chi connectivity index (χ2n) is 10.5. The van der Waals surface area contributed by atoms with E-state index in [1.807, 2.05) is 54.5 Å². The summed E-state index contributed by atoms with van der Waals surface area (Å²) in [6.45, 7) is 9.04. The van der Waals surface area contributed by atoms with E-state index < -0.39 is 17.4 Å². The Labute approximate surface area is 213 Å². The monoisotopic (exact) mass is 503 g/mol.